The van der Waals surface area contributed by atoms with E-state index in [2.05, 4.69) is 5.32 Å². The molecule has 0 heterocycles. The Morgan fingerprint density at radius 2 is 1.85 bits per heavy atom. The van der Waals surface area contributed by atoms with E-state index >= 15 is 0 Å². The number of halogens is 1. The van der Waals surface area contributed by atoms with Crippen molar-refractivity contribution in [1.29, 1.82) is 0 Å². The Morgan fingerprint density at radius 3 is 2.42 bits per heavy atom. The summed E-state index contributed by atoms with van der Waals surface area (Å²) in [5.74, 6) is 0.424. The Kier molecular flexibility index (Phi) is 9.39. The SMILES string of the molecule is CS(=O)(=O)CCC(N)C(=O)NCc1ccc(OC2CCCCC2)cc1.Cl. The highest BCUT2D eigenvalue weighted by Crippen LogP contribution is 2.23. The number of amides is 1. The molecule has 6 nitrogen and oxygen atoms in total. The summed E-state index contributed by atoms with van der Waals surface area (Å²) in [7, 11) is -3.11. The molecule has 1 aromatic carbocycles. The van der Waals surface area contributed by atoms with Crippen molar-refractivity contribution in [3.05, 3.63) is 29.8 Å². The van der Waals surface area contributed by atoms with Crippen LogP contribution >= 0.6 is 12.4 Å². The molecular weight excluding hydrogens is 376 g/mol. The molecule has 8 heteroatoms. The molecule has 26 heavy (non-hydrogen) atoms. The maximum Gasteiger partial charge on any atom is 0.237 e. The van der Waals surface area contributed by atoms with Gasteiger partial charge in [0.2, 0.25) is 5.91 Å². The number of nitrogens with two attached hydrogens (primary N) is 1. The van der Waals surface area contributed by atoms with Crippen LogP contribution < -0.4 is 15.8 Å². The summed E-state index contributed by atoms with van der Waals surface area (Å²) in [5, 5.41) is 2.74. The molecule has 1 atom stereocenters. The molecule has 0 aliphatic heterocycles. The second-order valence-corrected chi connectivity index (χ2v) is 9.02. The van der Waals surface area contributed by atoms with E-state index in [1.807, 2.05) is 24.3 Å². The van der Waals surface area contributed by atoms with Gasteiger partial charge in [0, 0.05) is 12.8 Å². The van der Waals surface area contributed by atoms with E-state index in [4.69, 9.17) is 10.5 Å². The van der Waals surface area contributed by atoms with E-state index in [0.717, 1.165) is 30.4 Å². The van der Waals surface area contributed by atoms with Gasteiger partial charge in [0.15, 0.2) is 0 Å². The molecule has 0 aromatic heterocycles. The van der Waals surface area contributed by atoms with Crippen molar-refractivity contribution in [3.63, 3.8) is 0 Å². The maximum absolute atomic E-state index is 11.9. The molecule has 148 valence electrons. The topological polar surface area (TPSA) is 98.5 Å². The highest BCUT2D eigenvalue weighted by molar-refractivity contribution is 7.90. The lowest BCUT2D eigenvalue weighted by atomic mass is 9.98. The first kappa shape index (κ1) is 22.7. The molecule has 2 rings (SSSR count). The van der Waals surface area contributed by atoms with Gasteiger partial charge in [0.25, 0.3) is 0 Å². The van der Waals surface area contributed by atoms with E-state index in [1.165, 1.54) is 19.3 Å². The van der Waals surface area contributed by atoms with Crippen molar-refractivity contribution in [1.82, 2.24) is 5.32 Å². The van der Waals surface area contributed by atoms with Gasteiger partial charge in [0.1, 0.15) is 15.6 Å². The van der Waals surface area contributed by atoms with Crippen LogP contribution in [0.25, 0.3) is 0 Å². The fourth-order valence-corrected chi connectivity index (χ4v) is 3.54. The molecule has 1 fully saturated rings. The molecule has 1 unspecified atom stereocenters. The summed E-state index contributed by atoms with van der Waals surface area (Å²) in [6, 6.07) is 6.85. The Labute approximate surface area is 162 Å². The summed E-state index contributed by atoms with van der Waals surface area (Å²) < 4.78 is 28.2. The van der Waals surface area contributed by atoms with Gasteiger partial charge in [0.05, 0.1) is 17.9 Å². The summed E-state index contributed by atoms with van der Waals surface area (Å²) in [6.07, 6.45) is 7.56. The molecule has 1 aliphatic carbocycles. The smallest absolute Gasteiger partial charge is 0.237 e. The van der Waals surface area contributed by atoms with E-state index in [9.17, 15) is 13.2 Å². The molecule has 1 aromatic rings. The van der Waals surface area contributed by atoms with Crippen LogP contribution in [0.2, 0.25) is 0 Å². The van der Waals surface area contributed by atoms with Gasteiger partial charge in [-0.2, -0.15) is 0 Å². The zero-order valence-corrected chi connectivity index (χ0v) is 16.8. The Balaban J connectivity index is 0.00000338. The lowest BCUT2D eigenvalue weighted by Gasteiger charge is -2.23. The van der Waals surface area contributed by atoms with E-state index in [-0.39, 0.29) is 30.5 Å². The summed E-state index contributed by atoms with van der Waals surface area (Å²) in [5.41, 5.74) is 6.66. The number of carbonyl (C=O) groups excluding carboxylic acids is 1. The van der Waals surface area contributed by atoms with Crippen LogP contribution in [-0.4, -0.2) is 38.5 Å². The molecular formula is C18H29ClN2O4S. The Morgan fingerprint density at radius 1 is 1.23 bits per heavy atom. The first-order chi connectivity index (χ1) is 11.8. The van der Waals surface area contributed by atoms with Crippen molar-refractivity contribution in [2.75, 3.05) is 12.0 Å². The number of rotatable bonds is 8. The minimum Gasteiger partial charge on any atom is -0.490 e. The zero-order valence-electron chi connectivity index (χ0n) is 15.1. The van der Waals surface area contributed by atoms with E-state index < -0.39 is 15.9 Å². The van der Waals surface area contributed by atoms with Crippen LogP contribution in [0.4, 0.5) is 0 Å². The largest absolute Gasteiger partial charge is 0.490 e. The average molecular weight is 405 g/mol. The molecule has 1 amide bonds. The van der Waals surface area contributed by atoms with Crippen LogP contribution in [0.15, 0.2) is 24.3 Å². The lowest BCUT2D eigenvalue weighted by molar-refractivity contribution is -0.122. The minimum atomic E-state index is -3.11. The fraction of sp³-hybridized carbons (Fsp3) is 0.611. The van der Waals surface area contributed by atoms with Crippen molar-refractivity contribution >= 4 is 28.2 Å². The van der Waals surface area contributed by atoms with Gasteiger partial charge in [-0.05, 0) is 49.8 Å². The van der Waals surface area contributed by atoms with Crippen LogP contribution in [-0.2, 0) is 21.2 Å². The number of hydrogen-bond donors (Lipinski definition) is 2. The Hall–Kier alpha value is -1.31. The summed E-state index contributed by atoms with van der Waals surface area (Å²) >= 11 is 0. The van der Waals surface area contributed by atoms with Crippen molar-refractivity contribution in [2.45, 2.75) is 57.2 Å². The second-order valence-electron chi connectivity index (χ2n) is 6.76. The highest BCUT2D eigenvalue weighted by atomic mass is 35.5. The quantitative estimate of drug-likeness (QED) is 0.692. The molecule has 0 spiro atoms. The maximum atomic E-state index is 11.9. The number of nitrogens with one attached hydrogen (secondary N) is 1. The standard InChI is InChI=1S/C18H28N2O4S.ClH/c1-25(22,23)12-11-17(19)18(21)20-13-14-7-9-16(10-8-14)24-15-5-3-2-4-6-15;/h7-10,15,17H,2-6,11-13,19H2,1H3,(H,20,21);1H. The monoisotopic (exact) mass is 404 g/mol. The number of carbonyl (C=O) groups is 1. The number of sulfone groups is 1. The minimum absolute atomic E-state index is 0. The van der Waals surface area contributed by atoms with Gasteiger partial charge in [-0.15, -0.1) is 12.4 Å². The predicted octanol–water partition coefficient (Wildman–Crippen LogP) is 2.20. The highest BCUT2D eigenvalue weighted by Gasteiger charge is 2.16. The summed E-state index contributed by atoms with van der Waals surface area (Å²) in [4.78, 5) is 11.9. The third-order valence-electron chi connectivity index (χ3n) is 4.38. The van der Waals surface area contributed by atoms with Gasteiger partial charge in [-0.25, -0.2) is 8.42 Å². The first-order valence-corrected chi connectivity index (χ1v) is 10.9. The Bertz CT molecular complexity index is 658. The third kappa shape index (κ3) is 8.38. The second kappa shape index (κ2) is 10.7. The van der Waals surface area contributed by atoms with Crippen LogP contribution in [0.1, 0.15) is 44.1 Å². The number of ether oxygens (including phenoxy) is 1. The van der Waals surface area contributed by atoms with E-state index in [1.54, 1.807) is 0 Å². The van der Waals surface area contributed by atoms with Crippen molar-refractivity contribution in [2.24, 2.45) is 5.73 Å². The van der Waals surface area contributed by atoms with Crippen LogP contribution in [0, 0.1) is 0 Å². The third-order valence-corrected chi connectivity index (χ3v) is 5.36. The first-order valence-electron chi connectivity index (χ1n) is 8.80. The molecule has 3 N–H and O–H groups in total. The number of benzene rings is 1. The van der Waals surface area contributed by atoms with Gasteiger partial charge >= 0.3 is 0 Å². The summed E-state index contributed by atoms with van der Waals surface area (Å²) in [6.45, 7) is 0.356. The normalized spacial score (nSPS) is 16.4. The van der Waals surface area contributed by atoms with Crippen molar-refractivity contribution < 1.29 is 17.9 Å². The lowest BCUT2D eigenvalue weighted by Crippen LogP contribution is -2.41. The fourth-order valence-electron chi connectivity index (χ4n) is 2.85. The zero-order chi connectivity index (χ0) is 18.3. The molecule has 1 aliphatic rings. The molecule has 0 saturated heterocycles. The predicted molar refractivity (Wildman–Crippen MR) is 105 cm³/mol. The number of hydrogen-bond acceptors (Lipinski definition) is 5. The molecule has 1 saturated carbocycles. The molecule has 0 bridgehead atoms. The van der Waals surface area contributed by atoms with Crippen LogP contribution in [0.3, 0.4) is 0 Å². The van der Waals surface area contributed by atoms with Gasteiger partial charge in [-0.1, -0.05) is 18.6 Å². The average Bonchev–Trinajstić information content (AvgIpc) is 2.59. The van der Waals surface area contributed by atoms with Crippen molar-refractivity contribution in [3.8, 4) is 5.75 Å². The van der Waals surface area contributed by atoms with Gasteiger partial charge < -0.3 is 15.8 Å². The van der Waals surface area contributed by atoms with Gasteiger partial charge in [-0.3, -0.25) is 4.79 Å². The van der Waals surface area contributed by atoms with Crippen LogP contribution in [0.5, 0.6) is 5.75 Å². The molecule has 0 radical (unpaired) electrons. The van der Waals surface area contributed by atoms with E-state index in [0.29, 0.717) is 12.6 Å².